The van der Waals surface area contributed by atoms with Crippen LogP contribution in [0.5, 0.6) is 5.88 Å². The van der Waals surface area contributed by atoms with E-state index >= 15 is 0 Å². The topological polar surface area (TPSA) is 39.2 Å². The number of rotatable bonds is 4. The lowest BCUT2D eigenvalue weighted by molar-refractivity contribution is -0.0531. The number of nitrogens with zero attached hydrogens (tertiary/aromatic N) is 1. The van der Waals surface area contributed by atoms with Gasteiger partial charge < -0.3 is 4.74 Å². The Morgan fingerprint density at radius 3 is 2.93 bits per heavy atom. The van der Waals surface area contributed by atoms with Gasteiger partial charge in [-0.1, -0.05) is 15.9 Å². The first-order chi connectivity index (χ1) is 6.65. The van der Waals surface area contributed by atoms with Gasteiger partial charge in [0.2, 0.25) is 5.88 Å². The number of hydrogen-bond acceptors (Lipinski definition) is 3. The van der Waals surface area contributed by atoms with Gasteiger partial charge in [-0.15, -0.1) is 0 Å². The molecule has 1 aromatic heterocycles. The maximum atomic E-state index is 11.9. The van der Waals surface area contributed by atoms with E-state index in [1.807, 2.05) is 0 Å². The van der Waals surface area contributed by atoms with Crippen LogP contribution in [-0.2, 0) is 0 Å². The van der Waals surface area contributed by atoms with E-state index in [0.29, 0.717) is 0 Å². The fourth-order valence-corrected chi connectivity index (χ4v) is 1.16. The van der Waals surface area contributed by atoms with Crippen molar-refractivity contribution in [3.63, 3.8) is 0 Å². The molecule has 0 spiro atoms. The molecule has 3 nitrogen and oxygen atoms in total. The normalized spacial score (nSPS) is 10.3. The number of ether oxygens (including phenoxy) is 1. The molecular formula is C8H6BrF2NO2. The summed E-state index contributed by atoms with van der Waals surface area (Å²) in [5.74, 6) is -0.694. The minimum Gasteiger partial charge on any atom is -0.416 e. The molecule has 0 saturated heterocycles. The largest absolute Gasteiger partial charge is 0.416 e. The van der Waals surface area contributed by atoms with Crippen LogP contribution in [0.4, 0.5) is 8.78 Å². The molecular weight excluding hydrogens is 260 g/mol. The highest BCUT2D eigenvalue weighted by atomic mass is 79.9. The van der Waals surface area contributed by atoms with Crippen LogP contribution in [-0.4, -0.2) is 22.7 Å². The summed E-state index contributed by atoms with van der Waals surface area (Å²) >= 11 is 2.93. The first-order valence-electron chi connectivity index (χ1n) is 3.64. The second kappa shape index (κ2) is 4.99. The molecule has 14 heavy (non-hydrogen) atoms. The Hall–Kier alpha value is -1.04. The molecule has 0 aromatic carbocycles. The Labute approximate surface area is 87.2 Å². The van der Waals surface area contributed by atoms with E-state index in [4.69, 9.17) is 0 Å². The fraction of sp³-hybridized carbons (Fsp3) is 0.250. The summed E-state index contributed by atoms with van der Waals surface area (Å²) in [7, 11) is 0. The van der Waals surface area contributed by atoms with Gasteiger partial charge in [0, 0.05) is 6.20 Å². The highest BCUT2D eigenvalue weighted by molar-refractivity contribution is 9.09. The molecule has 1 rings (SSSR count). The smallest absolute Gasteiger partial charge is 0.388 e. The minimum atomic E-state index is -2.98. The van der Waals surface area contributed by atoms with Crippen molar-refractivity contribution < 1.29 is 18.3 Å². The first-order valence-corrected chi connectivity index (χ1v) is 4.76. The second-order valence-electron chi connectivity index (χ2n) is 2.29. The number of pyridine rings is 1. The Balaban J connectivity index is 2.97. The standard InChI is InChI=1S/C8H6BrF2NO2/c9-4-6(13)5-2-1-3-12-7(5)14-8(10)11/h1-3,8H,4H2. The predicted octanol–water partition coefficient (Wildman–Crippen LogP) is 2.26. The number of hydrogen-bond donors (Lipinski definition) is 0. The summed E-state index contributed by atoms with van der Waals surface area (Å²) in [4.78, 5) is 14.7. The summed E-state index contributed by atoms with van der Waals surface area (Å²) < 4.78 is 27.8. The summed E-state index contributed by atoms with van der Waals surface area (Å²) in [6, 6.07) is 2.86. The number of ketones is 1. The van der Waals surface area contributed by atoms with Crippen LogP contribution in [0.15, 0.2) is 18.3 Å². The average molecular weight is 266 g/mol. The zero-order valence-electron chi connectivity index (χ0n) is 6.91. The molecule has 1 aromatic rings. The lowest BCUT2D eigenvalue weighted by Crippen LogP contribution is -2.10. The number of alkyl halides is 3. The molecule has 0 radical (unpaired) electrons. The van der Waals surface area contributed by atoms with E-state index in [2.05, 4.69) is 25.7 Å². The van der Waals surface area contributed by atoms with E-state index in [9.17, 15) is 13.6 Å². The third-order valence-corrected chi connectivity index (χ3v) is 1.90. The molecule has 0 unspecified atom stereocenters. The molecule has 0 bridgehead atoms. The van der Waals surface area contributed by atoms with Gasteiger partial charge >= 0.3 is 6.61 Å². The molecule has 0 atom stereocenters. The lowest BCUT2D eigenvalue weighted by Gasteiger charge is -2.06. The van der Waals surface area contributed by atoms with Crippen molar-refractivity contribution in [3.8, 4) is 5.88 Å². The Morgan fingerprint density at radius 2 is 2.36 bits per heavy atom. The molecule has 0 aliphatic rings. The third-order valence-electron chi connectivity index (χ3n) is 1.39. The van der Waals surface area contributed by atoms with Gasteiger partial charge in [0.1, 0.15) is 0 Å². The van der Waals surface area contributed by atoms with Gasteiger partial charge in [0.05, 0.1) is 10.9 Å². The van der Waals surface area contributed by atoms with Crippen LogP contribution in [0.3, 0.4) is 0 Å². The van der Waals surface area contributed by atoms with E-state index in [0.717, 1.165) is 0 Å². The van der Waals surface area contributed by atoms with Crippen molar-refractivity contribution in [1.82, 2.24) is 4.98 Å². The zero-order valence-corrected chi connectivity index (χ0v) is 8.50. The highest BCUT2D eigenvalue weighted by Gasteiger charge is 2.15. The van der Waals surface area contributed by atoms with Gasteiger partial charge in [0.15, 0.2) is 5.78 Å². The monoisotopic (exact) mass is 265 g/mol. The molecule has 0 aliphatic heterocycles. The highest BCUT2D eigenvalue weighted by Crippen LogP contribution is 2.17. The van der Waals surface area contributed by atoms with E-state index < -0.39 is 6.61 Å². The van der Waals surface area contributed by atoms with Crippen molar-refractivity contribution in [3.05, 3.63) is 23.9 Å². The van der Waals surface area contributed by atoms with Crippen LogP contribution < -0.4 is 4.74 Å². The van der Waals surface area contributed by atoms with Crippen LogP contribution in [0.1, 0.15) is 10.4 Å². The number of halogens is 3. The average Bonchev–Trinajstić information content (AvgIpc) is 2.16. The molecule has 0 aliphatic carbocycles. The third kappa shape index (κ3) is 2.73. The summed E-state index contributed by atoms with van der Waals surface area (Å²) in [6.45, 7) is -2.98. The fourth-order valence-electron chi connectivity index (χ4n) is 0.853. The van der Waals surface area contributed by atoms with Crippen molar-refractivity contribution in [2.24, 2.45) is 0 Å². The summed E-state index contributed by atoms with van der Waals surface area (Å²) in [5.41, 5.74) is 0.0460. The quantitative estimate of drug-likeness (QED) is 0.619. The Bertz CT molecular complexity index is 333. The van der Waals surface area contributed by atoms with Gasteiger partial charge in [-0.05, 0) is 12.1 Å². The lowest BCUT2D eigenvalue weighted by atomic mass is 10.2. The van der Waals surface area contributed by atoms with Gasteiger partial charge in [-0.3, -0.25) is 4.79 Å². The van der Waals surface area contributed by atoms with Crippen molar-refractivity contribution in [1.29, 1.82) is 0 Å². The van der Waals surface area contributed by atoms with Crippen molar-refractivity contribution in [2.75, 3.05) is 5.33 Å². The minimum absolute atomic E-state index is 0.0400. The number of carbonyl (C=O) groups is 1. The van der Waals surface area contributed by atoms with Gasteiger partial charge in [-0.25, -0.2) is 4.98 Å². The molecule has 0 fully saturated rings. The van der Waals surface area contributed by atoms with Crippen LogP contribution >= 0.6 is 15.9 Å². The first kappa shape index (κ1) is 11.0. The van der Waals surface area contributed by atoms with E-state index in [1.165, 1.54) is 18.3 Å². The molecule has 6 heteroatoms. The summed E-state index contributed by atoms with van der Waals surface area (Å²) in [5, 5.41) is 0.0400. The SMILES string of the molecule is O=C(CBr)c1cccnc1OC(F)F. The molecule has 76 valence electrons. The van der Waals surface area contributed by atoms with Crippen LogP contribution in [0.2, 0.25) is 0 Å². The number of aromatic nitrogens is 1. The number of carbonyl (C=O) groups excluding carboxylic acids is 1. The Kier molecular flexibility index (Phi) is 3.94. The van der Waals surface area contributed by atoms with Crippen molar-refractivity contribution >= 4 is 21.7 Å². The molecule has 0 amide bonds. The van der Waals surface area contributed by atoms with Crippen LogP contribution in [0.25, 0.3) is 0 Å². The van der Waals surface area contributed by atoms with Crippen molar-refractivity contribution in [2.45, 2.75) is 6.61 Å². The Morgan fingerprint density at radius 1 is 1.64 bits per heavy atom. The predicted molar refractivity (Wildman–Crippen MR) is 49.0 cm³/mol. The molecule has 1 heterocycles. The number of Topliss-reactive ketones (excluding diaryl/α,β-unsaturated/α-hetero) is 1. The van der Waals surface area contributed by atoms with Crippen LogP contribution in [0, 0.1) is 0 Å². The zero-order chi connectivity index (χ0) is 10.6. The maximum absolute atomic E-state index is 11.9. The summed E-state index contributed by atoms with van der Waals surface area (Å²) in [6.07, 6.45) is 1.28. The van der Waals surface area contributed by atoms with Gasteiger partial charge in [0.25, 0.3) is 0 Å². The maximum Gasteiger partial charge on any atom is 0.388 e. The van der Waals surface area contributed by atoms with Gasteiger partial charge in [-0.2, -0.15) is 8.78 Å². The molecule has 0 saturated carbocycles. The second-order valence-corrected chi connectivity index (χ2v) is 2.85. The van der Waals surface area contributed by atoms with E-state index in [-0.39, 0.29) is 22.6 Å². The molecule has 0 N–H and O–H groups in total. The van der Waals surface area contributed by atoms with E-state index in [1.54, 1.807) is 0 Å².